The third kappa shape index (κ3) is 6.02. The molecular weight excluding hydrogens is 466 g/mol. The van der Waals surface area contributed by atoms with Crippen LogP contribution in [-0.4, -0.2) is 35.4 Å². The molecule has 1 heterocycles. The Kier molecular flexibility index (Phi) is 8.06. The third-order valence-electron chi connectivity index (χ3n) is 5.82. The van der Waals surface area contributed by atoms with Crippen LogP contribution in [0, 0.1) is 6.92 Å². The Morgan fingerprint density at radius 2 is 1.83 bits per heavy atom. The van der Waals surface area contributed by atoms with Crippen LogP contribution in [0.1, 0.15) is 30.4 Å². The van der Waals surface area contributed by atoms with Gasteiger partial charge >= 0.3 is 5.97 Å². The number of benzene rings is 3. The van der Waals surface area contributed by atoms with Crippen molar-refractivity contribution < 1.29 is 23.8 Å². The van der Waals surface area contributed by atoms with Gasteiger partial charge in [0, 0.05) is 29.0 Å². The summed E-state index contributed by atoms with van der Waals surface area (Å²) in [6, 6.07) is 19.1. The lowest BCUT2D eigenvalue weighted by Gasteiger charge is -2.16. The van der Waals surface area contributed by atoms with Crippen molar-refractivity contribution in [2.24, 2.45) is 0 Å². The largest absolute Gasteiger partial charge is 0.493 e. The first kappa shape index (κ1) is 24.8. The third-order valence-corrected chi connectivity index (χ3v) is 6.07. The predicted molar refractivity (Wildman–Crippen MR) is 136 cm³/mol. The molecule has 3 aromatic carbocycles. The lowest BCUT2D eigenvalue weighted by Crippen LogP contribution is -2.26. The predicted octanol–water partition coefficient (Wildman–Crippen LogP) is 6.50. The normalized spacial score (nSPS) is 12.1. The number of nitrogens with zero attached hydrogens (tertiary/aromatic N) is 1. The number of aliphatic carboxylic acids is 1. The van der Waals surface area contributed by atoms with Crippen molar-refractivity contribution in [3.8, 4) is 17.2 Å². The fourth-order valence-corrected chi connectivity index (χ4v) is 4.18. The quantitative estimate of drug-likeness (QED) is 0.240. The second kappa shape index (κ2) is 11.4. The second-order valence-corrected chi connectivity index (χ2v) is 8.67. The van der Waals surface area contributed by atoms with Gasteiger partial charge in [-0.15, -0.1) is 0 Å². The van der Waals surface area contributed by atoms with Crippen LogP contribution in [-0.2, 0) is 22.4 Å². The summed E-state index contributed by atoms with van der Waals surface area (Å²) in [6.45, 7) is 4.58. The lowest BCUT2D eigenvalue weighted by atomic mass is 9.99. The van der Waals surface area contributed by atoms with Gasteiger partial charge in [-0.25, -0.2) is 9.78 Å². The number of fused-ring (bicyclic) bond motifs is 1. The zero-order valence-electron chi connectivity index (χ0n) is 19.8. The monoisotopic (exact) mass is 493 g/mol. The molecule has 1 atom stereocenters. The van der Waals surface area contributed by atoms with Crippen LogP contribution in [0.5, 0.6) is 5.75 Å². The number of aromatic nitrogens is 1. The van der Waals surface area contributed by atoms with Crippen LogP contribution in [0.2, 0.25) is 5.02 Å². The number of oxazole rings is 1. The maximum atomic E-state index is 11.5. The molecule has 0 saturated heterocycles. The summed E-state index contributed by atoms with van der Waals surface area (Å²) in [6.07, 6.45) is 0.923. The molecule has 1 unspecified atom stereocenters. The molecule has 182 valence electrons. The number of aryl methyl sites for hydroxylation is 2. The molecule has 0 aliphatic carbocycles. The Balaban J connectivity index is 1.41. The van der Waals surface area contributed by atoms with E-state index in [1.54, 1.807) is 6.92 Å². The van der Waals surface area contributed by atoms with E-state index in [2.05, 4.69) is 4.98 Å². The average molecular weight is 494 g/mol. The zero-order valence-corrected chi connectivity index (χ0v) is 20.5. The molecule has 0 spiro atoms. The summed E-state index contributed by atoms with van der Waals surface area (Å²) < 4.78 is 17.4. The Morgan fingerprint density at radius 1 is 1.09 bits per heavy atom. The molecule has 6 nitrogen and oxygen atoms in total. The standard InChI is InChI=1S/C28H28ClNO5/c1-3-33-26(28(31)32)17-20-12-15-25(23-8-5-4-7-22(20)23)34-16-6-9-24-18(2)35-27(30-24)19-10-13-21(29)14-11-19/h4-5,7-8,10-15,26H,3,6,9,16-17H2,1-2H3,(H,31,32). The van der Waals surface area contributed by atoms with Crippen molar-refractivity contribution in [3.63, 3.8) is 0 Å². The van der Waals surface area contributed by atoms with E-state index in [1.807, 2.05) is 67.6 Å². The van der Waals surface area contributed by atoms with E-state index in [1.165, 1.54) is 0 Å². The SMILES string of the molecule is CCOC(Cc1ccc(OCCCc2nc(-c3ccc(Cl)cc3)oc2C)c2ccccc12)C(=O)O. The molecule has 7 heteroatoms. The van der Waals surface area contributed by atoms with Crippen molar-refractivity contribution >= 4 is 28.3 Å². The van der Waals surface area contributed by atoms with Crippen LogP contribution < -0.4 is 4.74 Å². The van der Waals surface area contributed by atoms with Crippen molar-refractivity contribution in [1.82, 2.24) is 4.98 Å². The highest BCUT2D eigenvalue weighted by Crippen LogP contribution is 2.30. The molecule has 0 aliphatic rings. The van der Waals surface area contributed by atoms with Crippen LogP contribution in [0.3, 0.4) is 0 Å². The van der Waals surface area contributed by atoms with Gasteiger partial charge in [0.05, 0.1) is 12.3 Å². The Morgan fingerprint density at radius 3 is 2.54 bits per heavy atom. The molecular formula is C28H28ClNO5. The van der Waals surface area contributed by atoms with E-state index in [-0.39, 0.29) is 0 Å². The van der Waals surface area contributed by atoms with Gasteiger partial charge in [0.2, 0.25) is 5.89 Å². The first-order valence-electron chi connectivity index (χ1n) is 11.7. The van der Waals surface area contributed by atoms with Crippen molar-refractivity contribution in [2.45, 2.75) is 39.2 Å². The van der Waals surface area contributed by atoms with E-state index < -0.39 is 12.1 Å². The van der Waals surface area contributed by atoms with Gasteiger partial charge in [-0.3, -0.25) is 0 Å². The minimum Gasteiger partial charge on any atom is -0.493 e. The molecule has 1 aromatic heterocycles. The summed E-state index contributed by atoms with van der Waals surface area (Å²) in [7, 11) is 0. The second-order valence-electron chi connectivity index (χ2n) is 8.24. The van der Waals surface area contributed by atoms with E-state index in [0.717, 1.165) is 51.9 Å². The maximum absolute atomic E-state index is 11.5. The Bertz CT molecular complexity index is 1300. The van der Waals surface area contributed by atoms with E-state index in [9.17, 15) is 9.90 Å². The number of carboxylic acids is 1. The van der Waals surface area contributed by atoms with E-state index >= 15 is 0 Å². The molecule has 0 bridgehead atoms. The Labute approximate surface area is 209 Å². The minimum absolute atomic E-state index is 0.297. The molecule has 0 aliphatic heterocycles. The van der Waals surface area contributed by atoms with Crippen LogP contribution in [0.4, 0.5) is 0 Å². The van der Waals surface area contributed by atoms with Crippen LogP contribution in [0.15, 0.2) is 65.1 Å². The van der Waals surface area contributed by atoms with Crippen LogP contribution in [0.25, 0.3) is 22.2 Å². The summed E-state index contributed by atoms with van der Waals surface area (Å²) in [4.78, 5) is 16.2. The summed E-state index contributed by atoms with van der Waals surface area (Å²) >= 11 is 5.97. The summed E-state index contributed by atoms with van der Waals surface area (Å²) in [5.41, 5.74) is 2.72. The zero-order chi connectivity index (χ0) is 24.8. The molecule has 4 rings (SSSR count). The van der Waals surface area contributed by atoms with Crippen molar-refractivity contribution in [3.05, 3.63) is 82.7 Å². The molecule has 35 heavy (non-hydrogen) atoms. The first-order valence-corrected chi connectivity index (χ1v) is 12.0. The number of carbonyl (C=O) groups is 1. The highest BCUT2D eigenvalue weighted by Gasteiger charge is 2.20. The topological polar surface area (TPSA) is 81.8 Å². The smallest absolute Gasteiger partial charge is 0.333 e. The van der Waals surface area contributed by atoms with Gasteiger partial charge < -0.3 is 19.0 Å². The fourth-order valence-electron chi connectivity index (χ4n) is 4.05. The highest BCUT2D eigenvalue weighted by atomic mass is 35.5. The number of rotatable bonds is 11. The van der Waals surface area contributed by atoms with E-state index in [4.69, 9.17) is 25.5 Å². The highest BCUT2D eigenvalue weighted by molar-refractivity contribution is 6.30. The summed E-state index contributed by atoms with van der Waals surface area (Å²) in [5.74, 6) is 1.19. The number of ether oxygens (including phenoxy) is 2. The number of halogens is 1. The minimum atomic E-state index is -0.960. The number of hydrogen-bond donors (Lipinski definition) is 1. The molecule has 0 saturated carbocycles. The van der Waals surface area contributed by atoms with Gasteiger partial charge in [-0.2, -0.15) is 0 Å². The summed E-state index contributed by atoms with van der Waals surface area (Å²) in [5, 5.41) is 12.1. The van der Waals surface area contributed by atoms with Gasteiger partial charge in [0.1, 0.15) is 11.5 Å². The molecule has 4 aromatic rings. The Hall–Kier alpha value is -3.35. The number of hydrogen-bond acceptors (Lipinski definition) is 5. The van der Waals surface area contributed by atoms with Crippen LogP contribution >= 0.6 is 11.6 Å². The lowest BCUT2D eigenvalue weighted by molar-refractivity contribution is -0.149. The van der Waals surface area contributed by atoms with Crippen molar-refractivity contribution in [2.75, 3.05) is 13.2 Å². The molecule has 1 N–H and O–H groups in total. The van der Waals surface area contributed by atoms with Gasteiger partial charge in [-0.05, 0) is 68.0 Å². The van der Waals surface area contributed by atoms with Gasteiger partial charge in [0.15, 0.2) is 6.10 Å². The van der Waals surface area contributed by atoms with Gasteiger partial charge in [-0.1, -0.05) is 41.9 Å². The van der Waals surface area contributed by atoms with E-state index in [0.29, 0.717) is 30.5 Å². The fraction of sp³-hybridized carbons (Fsp3) is 0.286. The molecule has 0 radical (unpaired) electrons. The molecule has 0 amide bonds. The maximum Gasteiger partial charge on any atom is 0.333 e. The van der Waals surface area contributed by atoms with Crippen molar-refractivity contribution in [1.29, 1.82) is 0 Å². The van der Waals surface area contributed by atoms with Gasteiger partial charge in [0.25, 0.3) is 0 Å². The number of carboxylic acid groups (broad SMARTS) is 1. The first-order chi connectivity index (χ1) is 17.0. The average Bonchev–Trinajstić information content (AvgIpc) is 3.23. The molecule has 0 fully saturated rings.